The summed E-state index contributed by atoms with van der Waals surface area (Å²) in [4.78, 5) is 11.9. The van der Waals surface area contributed by atoms with Crippen LogP contribution in [0.3, 0.4) is 0 Å². The first-order valence-electron chi connectivity index (χ1n) is 7.28. The molecule has 0 fully saturated rings. The van der Waals surface area contributed by atoms with Crippen molar-refractivity contribution in [1.82, 2.24) is 5.43 Å². The zero-order valence-electron chi connectivity index (χ0n) is 13.2. The first-order chi connectivity index (χ1) is 11.5. The molecule has 0 aliphatic heterocycles. The van der Waals surface area contributed by atoms with E-state index >= 15 is 0 Å². The summed E-state index contributed by atoms with van der Waals surface area (Å²) in [5, 5.41) is 4.57. The molecule has 0 spiro atoms. The Balaban J connectivity index is 1.68. The Labute approximate surface area is 143 Å². The molecule has 0 atom stereocenters. The largest absolute Gasteiger partial charge is 0.469 e. The van der Waals surface area contributed by atoms with Gasteiger partial charge in [-0.3, -0.25) is 4.79 Å². The third kappa shape index (κ3) is 3.41. The molecule has 122 valence electrons. The van der Waals surface area contributed by atoms with Crippen molar-refractivity contribution in [3.8, 4) is 11.3 Å². The highest BCUT2D eigenvalue weighted by atomic mass is 35.5. The molecule has 0 saturated carbocycles. The molecule has 3 aromatic rings. The van der Waals surface area contributed by atoms with Gasteiger partial charge >= 0.3 is 0 Å². The molecule has 0 saturated heterocycles. The lowest BCUT2D eigenvalue weighted by Gasteiger charge is -2.00. The predicted octanol–water partition coefficient (Wildman–Crippen LogP) is 4.57. The maximum absolute atomic E-state index is 11.9. The van der Waals surface area contributed by atoms with Gasteiger partial charge in [0.1, 0.15) is 17.3 Å². The van der Waals surface area contributed by atoms with E-state index in [0.717, 1.165) is 11.1 Å². The second-order valence-corrected chi connectivity index (χ2v) is 5.66. The van der Waals surface area contributed by atoms with Crippen LogP contribution in [0.25, 0.3) is 11.3 Å². The topological polar surface area (TPSA) is 67.7 Å². The van der Waals surface area contributed by atoms with Crippen LogP contribution < -0.4 is 5.43 Å². The fourth-order valence-corrected chi connectivity index (χ4v) is 2.34. The fourth-order valence-electron chi connectivity index (χ4n) is 2.16. The van der Waals surface area contributed by atoms with Crippen LogP contribution in [-0.2, 0) is 0 Å². The van der Waals surface area contributed by atoms with Crippen molar-refractivity contribution in [2.24, 2.45) is 5.10 Å². The summed E-state index contributed by atoms with van der Waals surface area (Å²) >= 11 is 6.13. The average Bonchev–Trinajstić information content (AvgIpc) is 3.19. The molecular weight excluding hydrogens is 328 g/mol. The number of hydrogen-bond acceptors (Lipinski definition) is 4. The number of amides is 1. The Bertz CT molecular complexity index is 909. The van der Waals surface area contributed by atoms with E-state index in [1.807, 2.05) is 31.2 Å². The second-order valence-electron chi connectivity index (χ2n) is 5.26. The summed E-state index contributed by atoms with van der Waals surface area (Å²) in [5.74, 6) is 1.40. The fraction of sp³-hybridized carbons (Fsp3) is 0.111. The Morgan fingerprint density at radius 3 is 2.75 bits per heavy atom. The minimum atomic E-state index is -0.338. The Kier molecular flexibility index (Phi) is 4.53. The smallest absolute Gasteiger partial charge is 0.274 e. The Morgan fingerprint density at radius 1 is 1.21 bits per heavy atom. The van der Waals surface area contributed by atoms with Crippen molar-refractivity contribution < 1.29 is 13.6 Å². The lowest BCUT2D eigenvalue weighted by atomic mass is 10.1. The number of nitrogens with zero attached hydrogens (tertiary/aromatic N) is 1. The molecule has 2 heterocycles. The van der Waals surface area contributed by atoms with E-state index < -0.39 is 0 Å². The first-order valence-corrected chi connectivity index (χ1v) is 7.66. The first kappa shape index (κ1) is 16.1. The summed E-state index contributed by atoms with van der Waals surface area (Å²) < 4.78 is 10.8. The maximum atomic E-state index is 11.9. The van der Waals surface area contributed by atoms with E-state index in [0.29, 0.717) is 27.9 Å². The minimum absolute atomic E-state index is 0.338. The number of aryl methyl sites for hydroxylation is 2. The number of benzene rings is 1. The minimum Gasteiger partial charge on any atom is -0.469 e. The van der Waals surface area contributed by atoms with Gasteiger partial charge in [0.25, 0.3) is 5.91 Å². The van der Waals surface area contributed by atoms with Crippen LogP contribution in [0.2, 0.25) is 5.02 Å². The van der Waals surface area contributed by atoms with Gasteiger partial charge in [-0.25, -0.2) is 5.43 Å². The van der Waals surface area contributed by atoms with Crippen LogP contribution in [0.4, 0.5) is 0 Å². The molecule has 0 radical (unpaired) electrons. The lowest BCUT2D eigenvalue weighted by Crippen LogP contribution is -2.17. The molecule has 1 amide bonds. The molecule has 0 unspecified atom stereocenters. The lowest BCUT2D eigenvalue weighted by molar-refractivity contribution is 0.0953. The summed E-state index contributed by atoms with van der Waals surface area (Å²) in [5.41, 5.74) is 4.76. The van der Waals surface area contributed by atoms with Gasteiger partial charge in [-0.1, -0.05) is 23.7 Å². The van der Waals surface area contributed by atoms with Crippen molar-refractivity contribution in [2.45, 2.75) is 13.8 Å². The van der Waals surface area contributed by atoms with E-state index in [1.54, 1.807) is 19.1 Å². The molecule has 5 nitrogen and oxygen atoms in total. The van der Waals surface area contributed by atoms with E-state index in [2.05, 4.69) is 10.5 Å². The number of hydrogen-bond donors (Lipinski definition) is 1. The second kappa shape index (κ2) is 6.76. The number of nitrogens with one attached hydrogen (secondary N) is 1. The summed E-state index contributed by atoms with van der Waals surface area (Å²) in [7, 11) is 0. The van der Waals surface area contributed by atoms with Crippen LogP contribution in [0, 0.1) is 13.8 Å². The molecule has 1 N–H and O–H groups in total. The van der Waals surface area contributed by atoms with E-state index in [-0.39, 0.29) is 5.91 Å². The average molecular weight is 343 g/mol. The monoisotopic (exact) mass is 342 g/mol. The highest BCUT2D eigenvalue weighted by molar-refractivity contribution is 6.31. The summed E-state index contributed by atoms with van der Waals surface area (Å²) in [6.07, 6.45) is 2.89. The van der Waals surface area contributed by atoms with Gasteiger partial charge in [-0.05, 0) is 43.7 Å². The van der Waals surface area contributed by atoms with Crippen molar-refractivity contribution >= 4 is 23.7 Å². The maximum Gasteiger partial charge on any atom is 0.274 e. The molecule has 24 heavy (non-hydrogen) atoms. The van der Waals surface area contributed by atoms with Crippen molar-refractivity contribution in [1.29, 1.82) is 0 Å². The zero-order valence-corrected chi connectivity index (χ0v) is 13.9. The van der Waals surface area contributed by atoms with Crippen LogP contribution >= 0.6 is 11.6 Å². The van der Waals surface area contributed by atoms with E-state index in [9.17, 15) is 4.79 Å². The number of carbonyl (C=O) groups is 1. The van der Waals surface area contributed by atoms with Crippen LogP contribution in [0.15, 0.2) is 56.6 Å². The van der Waals surface area contributed by atoms with Crippen LogP contribution in [0.5, 0.6) is 0 Å². The van der Waals surface area contributed by atoms with Crippen molar-refractivity contribution in [3.05, 3.63) is 70.3 Å². The number of carbonyl (C=O) groups excluding carboxylic acids is 1. The molecule has 3 rings (SSSR count). The van der Waals surface area contributed by atoms with Crippen LogP contribution in [0.1, 0.15) is 27.4 Å². The van der Waals surface area contributed by atoms with Gasteiger partial charge < -0.3 is 8.83 Å². The highest BCUT2D eigenvalue weighted by Gasteiger charge is 2.10. The molecular formula is C18H15ClN2O3. The van der Waals surface area contributed by atoms with Crippen LogP contribution in [-0.4, -0.2) is 12.1 Å². The third-order valence-electron chi connectivity index (χ3n) is 3.54. The SMILES string of the molecule is Cc1ccc(-c2ccc(C=NNC(=O)c3ccoc3C)o2)cc1Cl. The van der Waals surface area contributed by atoms with Gasteiger partial charge in [0.15, 0.2) is 0 Å². The molecule has 0 bridgehead atoms. The predicted molar refractivity (Wildman–Crippen MR) is 92.4 cm³/mol. The number of hydrazone groups is 1. The third-order valence-corrected chi connectivity index (χ3v) is 3.95. The van der Waals surface area contributed by atoms with Gasteiger partial charge in [0.2, 0.25) is 0 Å². The summed E-state index contributed by atoms with van der Waals surface area (Å²) in [6.45, 7) is 3.65. The number of furan rings is 2. The van der Waals surface area contributed by atoms with Gasteiger partial charge in [0, 0.05) is 10.6 Å². The highest BCUT2D eigenvalue weighted by Crippen LogP contribution is 2.26. The summed E-state index contributed by atoms with van der Waals surface area (Å²) in [6, 6.07) is 10.9. The van der Waals surface area contributed by atoms with E-state index in [1.165, 1.54) is 12.5 Å². The molecule has 1 aromatic carbocycles. The number of rotatable bonds is 4. The molecule has 2 aromatic heterocycles. The van der Waals surface area contributed by atoms with E-state index in [4.69, 9.17) is 20.4 Å². The van der Waals surface area contributed by atoms with Gasteiger partial charge in [0.05, 0.1) is 18.0 Å². The normalized spacial score (nSPS) is 11.1. The molecule has 0 aliphatic carbocycles. The number of halogens is 1. The van der Waals surface area contributed by atoms with Gasteiger partial charge in [-0.2, -0.15) is 5.10 Å². The standard InChI is InChI=1S/C18H15ClN2O3/c1-11-3-4-13(9-16(11)19)17-6-5-14(24-17)10-20-21-18(22)15-7-8-23-12(15)2/h3-10H,1-2H3,(H,21,22). The molecule has 0 aliphatic rings. The quantitative estimate of drug-likeness (QED) is 0.557. The van der Waals surface area contributed by atoms with Gasteiger partial charge in [-0.15, -0.1) is 0 Å². The Hall–Kier alpha value is -2.79. The van der Waals surface area contributed by atoms with Crippen molar-refractivity contribution in [2.75, 3.05) is 0 Å². The Morgan fingerprint density at radius 2 is 2.04 bits per heavy atom. The zero-order chi connectivity index (χ0) is 17.1. The molecule has 6 heteroatoms. The van der Waals surface area contributed by atoms with Crippen molar-refractivity contribution in [3.63, 3.8) is 0 Å².